The summed E-state index contributed by atoms with van der Waals surface area (Å²) in [6.45, 7) is 4.37. The van der Waals surface area contributed by atoms with Gasteiger partial charge in [0.1, 0.15) is 12.4 Å². The highest BCUT2D eigenvalue weighted by Gasteiger charge is 2.43. The van der Waals surface area contributed by atoms with Crippen LogP contribution in [-0.4, -0.2) is 37.8 Å². The molecule has 1 fully saturated rings. The molecule has 26 heavy (non-hydrogen) atoms. The lowest BCUT2D eigenvalue weighted by Crippen LogP contribution is -2.39. The van der Waals surface area contributed by atoms with Crippen molar-refractivity contribution in [3.8, 4) is 0 Å². The van der Waals surface area contributed by atoms with Crippen LogP contribution in [0.25, 0.3) is 0 Å². The number of ether oxygens (including phenoxy) is 2. The number of Topliss-reactive ketones (excluding diaryl/α,β-unsaturated/α-hetero) is 1. The van der Waals surface area contributed by atoms with Crippen molar-refractivity contribution >= 4 is 17.5 Å². The van der Waals surface area contributed by atoms with Crippen molar-refractivity contribution in [2.75, 3.05) is 20.3 Å². The Morgan fingerprint density at radius 2 is 1.85 bits per heavy atom. The third-order valence-electron chi connectivity index (χ3n) is 5.08. The maximum atomic E-state index is 12.8. The SMILES string of the molecule is COCCOC(=O)C1=C(C)N=C2CCCC(=O)C2[C@@H]1c1ccc(C)cc1. The normalized spacial score (nSPS) is 22.7. The van der Waals surface area contributed by atoms with Crippen LogP contribution in [-0.2, 0) is 19.1 Å². The fraction of sp³-hybridized carbons (Fsp3) is 0.476. The standard InChI is InChI=1S/C21H25NO4/c1-13-7-9-15(10-8-13)19-18(21(24)26-12-11-25-3)14(2)22-16-5-4-6-17(23)20(16)19/h7-10,19-20H,4-6,11-12H2,1-3H3/t19-,20?/m1/s1. The fourth-order valence-electron chi connectivity index (χ4n) is 3.81. The lowest BCUT2D eigenvalue weighted by atomic mass is 9.69. The van der Waals surface area contributed by atoms with E-state index >= 15 is 0 Å². The molecule has 1 aromatic carbocycles. The van der Waals surface area contributed by atoms with Crippen molar-refractivity contribution in [2.24, 2.45) is 10.9 Å². The Kier molecular flexibility index (Phi) is 5.67. The van der Waals surface area contributed by atoms with Crippen LogP contribution in [0.3, 0.4) is 0 Å². The summed E-state index contributed by atoms with van der Waals surface area (Å²) in [4.78, 5) is 30.2. The average molecular weight is 355 g/mol. The summed E-state index contributed by atoms with van der Waals surface area (Å²) < 4.78 is 10.3. The number of carbonyl (C=O) groups is 2. The molecule has 2 atom stereocenters. The van der Waals surface area contributed by atoms with Gasteiger partial charge in [0.2, 0.25) is 0 Å². The number of ketones is 1. The van der Waals surface area contributed by atoms with E-state index in [4.69, 9.17) is 9.47 Å². The number of carbonyl (C=O) groups excluding carboxylic acids is 2. The Morgan fingerprint density at radius 1 is 1.12 bits per heavy atom. The van der Waals surface area contributed by atoms with Crippen molar-refractivity contribution in [3.05, 3.63) is 46.7 Å². The third kappa shape index (κ3) is 3.63. The molecule has 5 heteroatoms. The number of allylic oxidation sites excluding steroid dienone is 1. The highest BCUT2D eigenvalue weighted by Crippen LogP contribution is 2.43. The van der Waals surface area contributed by atoms with E-state index in [-0.39, 0.29) is 24.2 Å². The van der Waals surface area contributed by atoms with Crippen LogP contribution in [0.1, 0.15) is 43.2 Å². The molecule has 1 saturated carbocycles. The minimum atomic E-state index is -0.411. The summed E-state index contributed by atoms with van der Waals surface area (Å²) in [6.07, 6.45) is 2.18. The number of aliphatic imine (C=N–C) groups is 1. The first-order valence-electron chi connectivity index (χ1n) is 9.06. The van der Waals surface area contributed by atoms with Crippen LogP contribution in [0.5, 0.6) is 0 Å². The second-order valence-electron chi connectivity index (χ2n) is 6.92. The largest absolute Gasteiger partial charge is 0.460 e. The number of hydrogen-bond donors (Lipinski definition) is 0. The monoisotopic (exact) mass is 355 g/mol. The molecule has 138 valence electrons. The van der Waals surface area contributed by atoms with Gasteiger partial charge in [-0.1, -0.05) is 29.8 Å². The van der Waals surface area contributed by atoms with Crippen molar-refractivity contribution in [3.63, 3.8) is 0 Å². The first-order valence-corrected chi connectivity index (χ1v) is 9.06. The molecule has 0 aromatic heterocycles. The van der Waals surface area contributed by atoms with Crippen molar-refractivity contribution < 1.29 is 19.1 Å². The van der Waals surface area contributed by atoms with E-state index in [0.717, 1.165) is 29.7 Å². The Hall–Kier alpha value is -2.27. The quantitative estimate of drug-likeness (QED) is 0.600. The number of nitrogens with zero attached hydrogens (tertiary/aromatic N) is 1. The molecule has 0 amide bonds. The number of methoxy groups -OCH3 is 1. The fourth-order valence-corrected chi connectivity index (χ4v) is 3.81. The Labute approximate surface area is 154 Å². The Bertz CT molecular complexity index is 761. The molecule has 3 rings (SSSR count). The van der Waals surface area contributed by atoms with E-state index in [1.54, 1.807) is 7.11 Å². The maximum Gasteiger partial charge on any atom is 0.336 e. The number of aryl methyl sites for hydroxylation is 1. The molecule has 2 aliphatic rings. The number of esters is 1. The van der Waals surface area contributed by atoms with Gasteiger partial charge >= 0.3 is 5.97 Å². The smallest absolute Gasteiger partial charge is 0.336 e. The second-order valence-corrected chi connectivity index (χ2v) is 6.92. The van der Waals surface area contributed by atoms with Crippen LogP contribution in [0.4, 0.5) is 0 Å². The highest BCUT2D eigenvalue weighted by atomic mass is 16.6. The molecule has 1 aromatic rings. The summed E-state index contributed by atoms with van der Waals surface area (Å²) in [5, 5.41) is 0. The maximum absolute atomic E-state index is 12.8. The van der Waals surface area contributed by atoms with Crippen LogP contribution in [0.2, 0.25) is 0 Å². The van der Waals surface area contributed by atoms with Crippen molar-refractivity contribution in [2.45, 2.75) is 39.0 Å². The highest BCUT2D eigenvalue weighted by molar-refractivity contribution is 6.11. The van der Waals surface area contributed by atoms with Gasteiger partial charge in [-0.25, -0.2) is 4.79 Å². The van der Waals surface area contributed by atoms with Crippen molar-refractivity contribution in [1.29, 1.82) is 0 Å². The van der Waals surface area contributed by atoms with E-state index in [0.29, 0.717) is 24.3 Å². The number of fused-ring (bicyclic) bond motifs is 1. The topological polar surface area (TPSA) is 65.0 Å². The zero-order valence-electron chi connectivity index (χ0n) is 15.6. The predicted octanol–water partition coefficient (Wildman–Crippen LogP) is 3.37. The number of rotatable bonds is 5. The summed E-state index contributed by atoms with van der Waals surface area (Å²) >= 11 is 0. The molecule has 0 spiro atoms. The van der Waals surface area contributed by atoms with Gasteiger partial charge in [-0.15, -0.1) is 0 Å². The Balaban J connectivity index is 2.03. The molecule has 1 unspecified atom stereocenters. The molecule has 0 radical (unpaired) electrons. The molecule has 0 bridgehead atoms. The summed E-state index contributed by atoms with van der Waals surface area (Å²) in [7, 11) is 1.56. The van der Waals surface area contributed by atoms with Crippen LogP contribution in [0, 0.1) is 12.8 Å². The molecule has 1 heterocycles. The molecule has 0 N–H and O–H groups in total. The van der Waals surface area contributed by atoms with Crippen molar-refractivity contribution in [1.82, 2.24) is 0 Å². The zero-order chi connectivity index (χ0) is 18.7. The molecular weight excluding hydrogens is 330 g/mol. The summed E-state index contributed by atoms with van der Waals surface area (Å²) in [5.41, 5.74) is 4.14. The van der Waals surface area contributed by atoms with Gasteiger partial charge in [-0.2, -0.15) is 0 Å². The van der Waals surface area contributed by atoms with Gasteiger partial charge in [0.25, 0.3) is 0 Å². The molecule has 1 aliphatic heterocycles. The van der Waals surface area contributed by atoms with Gasteiger partial charge in [0.15, 0.2) is 0 Å². The third-order valence-corrected chi connectivity index (χ3v) is 5.08. The second kappa shape index (κ2) is 7.96. The minimum absolute atomic E-state index is 0.162. The number of hydrogen-bond acceptors (Lipinski definition) is 5. The summed E-state index contributed by atoms with van der Waals surface area (Å²) in [6, 6.07) is 8.02. The first-order chi connectivity index (χ1) is 12.5. The van der Waals surface area contributed by atoms with Gasteiger partial charge in [0, 0.05) is 30.9 Å². The molecular formula is C21H25NO4. The minimum Gasteiger partial charge on any atom is -0.460 e. The average Bonchev–Trinajstić information content (AvgIpc) is 2.61. The lowest BCUT2D eigenvalue weighted by molar-refractivity contribution is -0.140. The van der Waals surface area contributed by atoms with Crippen LogP contribution >= 0.6 is 0 Å². The van der Waals surface area contributed by atoms with E-state index in [1.807, 2.05) is 38.1 Å². The lowest BCUT2D eigenvalue weighted by Gasteiger charge is -2.35. The van der Waals surface area contributed by atoms with Gasteiger partial charge in [-0.3, -0.25) is 9.79 Å². The Morgan fingerprint density at radius 3 is 2.54 bits per heavy atom. The van der Waals surface area contributed by atoms with E-state index in [1.165, 1.54) is 0 Å². The van der Waals surface area contributed by atoms with E-state index in [2.05, 4.69) is 4.99 Å². The zero-order valence-corrected chi connectivity index (χ0v) is 15.6. The molecule has 0 saturated heterocycles. The summed E-state index contributed by atoms with van der Waals surface area (Å²) in [5.74, 6) is -0.937. The molecule has 1 aliphatic carbocycles. The van der Waals surface area contributed by atoms with Gasteiger partial charge in [-0.05, 0) is 32.3 Å². The first kappa shape index (κ1) is 18.5. The number of benzene rings is 1. The van der Waals surface area contributed by atoms with Gasteiger partial charge < -0.3 is 9.47 Å². The molecule has 5 nitrogen and oxygen atoms in total. The van der Waals surface area contributed by atoms with E-state index < -0.39 is 5.97 Å². The van der Waals surface area contributed by atoms with Crippen LogP contribution < -0.4 is 0 Å². The van der Waals surface area contributed by atoms with E-state index in [9.17, 15) is 9.59 Å². The van der Waals surface area contributed by atoms with Crippen LogP contribution in [0.15, 0.2) is 40.5 Å². The predicted molar refractivity (Wildman–Crippen MR) is 99.2 cm³/mol. The van der Waals surface area contributed by atoms with Gasteiger partial charge in [0.05, 0.1) is 18.1 Å².